The lowest BCUT2D eigenvalue weighted by atomic mass is 10.7. The second-order valence-electron chi connectivity index (χ2n) is 1.20. The molecule has 6 heavy (non-hydrogen) atoms. The Balaban J connectivity index is 2.63. The van der Waals surface area contributed by atoms with Crippen LogP contribution >= 0.6 is 0 Å². The van der Waals surface area contributed by atoms with Crippen LogP contribution in [-0.4, -0.2) is 30.3 Å². The molecule has 0 unspecified atom stereocenters. The van der Waals surface area contributed by atoms with Crippen molar-refractivity contribution in [3.8, 4) is 0 Å². The Kier molecular flexibility index (Phi) is 3.02. The zero-order valence-electron chi connectivity index (χ0n) is 3.89. The Morgan fingerprint density at radius 3 is 2.33 bits per heavy atom. The van der Waals surface area contributed by atoms with E-state index in [1.807, 2.05) is 0 Å². The van der Waals surface area contributed by atoms with Gasteiger partial charge in [-0.05, 0) is 0 Å². The van der Waals surface area contributed by atoms with Crippen molar-refractivity contribution in [1.82, 2.24) is 5.01 Å². The van der Waals surface area contributed by atoms with Gasteiger partial charge in [-0.1, -0.05) is 0 Å². The van der Waals surface area contributed by atoms with Crippen LogP contribution in [0.2, 0.25) is 0 Å². The zero-order chi connectivity index (χ0) is 4.99. The molecule has 3 heteroatoms. The molecule has 3 N–H and O–H groups in total. The second kappa shape index (κ2) is 3.08. The first kappa shape index (κ1) is 5.88. The van der Waals surface area contributed by atoms with Gasteiger partial charge in [0.05, 0.1) is 6.61 Å². The number of aliphatic hydroxyl groups is 1. The zero-order valence-corrected chi connectivity index (χ0v) is 3.89. The number of nitrogens with zero attached hydrogens (tertiary/aromatic N) is 1. The van der Waals surface area contributed by atoms with E-state index in [1.54, 1.807) is 7.05 Å². The maximum atomic E-state index is 8.12. The maximum Gasteiger partial charge on any atom is 0.0572 e. The molecule has 0 atom stereocenters. The smallest absolute Gasteiger partial charge is 0.0572 e. The third kappa shape index (κ3) is 3.88. The van der Waals surface area contributed by atoms with E-state index in [0.717, 1.165) is 0 Å². The summed E-state index contributed by atoms with van der Waals surface area (Å²) in [6.07, 6.45) is 0. The summed E-state index contributed by atoms with van der Waals surface area (Å²) < 4.78 is 0. The van der Waals surface area contributed by atoms with E-state index in [-0.39, 0.29) is 6.61 Å². The van der Waals surface area contributed by atoms with Gasteiger partial charge in [-0.25, -0.2) is 5.01 Å². The highest BCUT2D eigenvalue weighted by molar-refractivity contribution is 4.30. The van der Waals surface area contributed by atoms with Crippen molar-refractivity contribution in [3.63, 3.8) is 0 Å². The van der Waals surface area contributed by atoms with Gasteiger partial charge in [-0.2, -0.15) is 0 Å². The lowest BCUT2D eigenvalue weighted by Crippen LogP contribution is -2.28. The molecule has 0 aromatic rings. The molecule has 3 nitrogen and oxygen atoms in total. The summed E-state index contributed by atoms with van der Waals surface area (Å²) in [6, 6.07) is 0. The molecular weight excluding hydrogens is 80.0 g/mol. The molecule has 0 aromatic heterocycles. The molecule has 0 saturated carbocycles. The number of hydrogen-bond acceptors (Lipinski definition) is 3. The number of nitrogens with two attached hydrogens (primary N) is 1. The van der Waals surface area contributed by atoms with Gasteiger partial charge < -0.3 is 5.11 Å². The van der Waals surface area contributed by atoms with Crippen LogP contribution in [0.15, 0.2) is 0 Å². The van der Waals surface area contributed by atoms with E-state index >= 15 is 0 Å². The fraction of sp³-hybridized carbons (Fsp3) is 1.00. The van der Waals surface area contributed by atoms with Gasteiger partial charge in [-0.15, -0.1) is 0 Å². The molecule has 0 radical (unpaired) electrons. The summed E-state index contributed by atoms with van der Waals surface area (Å²) in [7, 11) is 1.70. The highest BCUT2D eigenvalue weighted by Gasteiger charge is 1.80. The van der Waals surface area contributed by atoms with Crippen molar-refractivity contribution in [2.24, 2.45) is 5.84 Å². The van der Waals surface area contributed by atoms with Crippen LogP contribution in [0.3, 0.4) is 0 Å². The lowest BCUT2D eigenvalue weighted by molar-refractivity contribution is 0.224. The first-order valence-electron chi connectivity index (χ1n) is 1.84. The summed E-state index contributed by atoms with van der Waals surface area (Å²) in [5.74, 6) is 5.08. The first-order valence-corrected chi connectivity index (χ1v) is 1.84. The number of aliphatic hydroxyl groups excluding tert-OH is 1. The molecule has 0 bridgehead atoms. The van der Waals surface area contributed by atoms with Gasteiger partial charge >= 0.3 is 0 Å². The average Bonchev–Trinajstić information content (AvgIpc) is 1.35. The van der Waals surface area contributed by atoms with Crippen molar-refractivity contribution >= 4 is 0 Å². The molecule has 0 aliphatic heterocycles. The van der Waals surface area contributed by atoms with Crippen LogP contribution in [0.4, 0.5) is 0 Å². The van der Waals surface area contributed by atoms with Crippen molar-refractivity contribution in [3.05, 3.63) is 0 Å². The molecule has 0 aliphatic carbocycles. The summed E-state index contributed by atoms with van der Waals surface area (Å²) >= 11 is 0. The highest BCUT2D eigenvalue weighted by atomic mass is 16.3. The molecule has 0 fully saturated rings. The molecule has 38 valence electrons. The fourth-order valence-electron chi connectivity index (χ4n) is 0.158. The molecule has 0 spiro atoms. The molecule has 0 rings (SSSR count). The van der Waals surface area contributed by atoms with Crippen LogP contribution in [-0.2, 0) is 0 Å². The first-order chi connectivity index (χ1) is 2.77. The summed E-state index contributed by atoms with van der Waals surface area (Å²) in [5, 5.41) is 9.55. The minimum atomic E-state index is 0.132. The van der Waals surface area contributed by atoms with E-state index in [4.69, 9.17) is 10.9 Å². The Hall–Kier alpha value is -0.120. The van der Waals surface area contributed by atoms with Crippen molar-refractivity contribution in [2.75, 3.05) is 20.2 Å². The standard InChI is InChI=1S/C3H10N2O/c1-5(4)2-3-6/h6H,2-4H2,1H3. The van der Waals surface area contributed by atoms with Crippen molar-refractivity contribution < 1.29 is 5.11 Å². The molecule has 0 aromatic carbocycles. The van der Waals surface area contributed by atoms with E-state index in [9.17, 15) is 0 Å². The van der Waals surface area contributed by atoms with E-state index in [1.165, 1.54) is 5.01 Å². The van der Waals surface area contributed by atoms with Gasteiger partial charge in [0.15, 0.2) is 0 Å². The Morgan fingerprint density at radius 1 is 1.83 bits per heavy atom. The van der Waals surface area contributed by atoms with Crippen LogP contribution in [0.25, 0.3) is 0 Å². The summed E-state index contributed by atoms with van der Waals surface area (Å²) in [5.41, 5.74) is 0. The molecule has 0 aliphatic rings. The maximum absolute atomic E-state index is 8.12. The predicted octanol–water partition coefficient (Wildman–Crippen LogP) is -1.22. The van der Waals surface area contributed by atoms with Gasteiger partial charge in [0, 0.05) is 13.6 Å². The Bertz CT molecular complexity index is 30.0. The third-order valence-electron chi connectivity index (χ3n) is 0.453. The van der Waals surface area contributed by atoms with Crippen molar-refractivity contribution in [1.29, 1.82) is 0 Å². The van der Waals surface area contributed by atoms with Gasteiger partial charge in [0.1, 0.15) is 0 Å². The highest BCUT2D eigenvalue weighted by Crippen LogP contribution is 1.60. The number of hydrogen-bond donors (Lipinski definition) is 2. The summed E-state index contributed by atoms with van der Waals surface area (Å²) in [6.45, 7) is 0.674. The normalized spacial score (nSPS) is 10.0. The Morgan fingerprint density at radius 2 is 2.33 bits per heavy atom. The number of rotatable bonds is 2. The SMILES string of the molecule is CN(N)CCO. The molecular formula is C3H10N2O. The predicted molar refractivity (Wildman–Crippen MR) is 23.9 cm³/mol. The van der Waals surface area contributed by atoms with Crippen molar-refractivity contribution in [2.45, 2.75) is 0 Å². The minimum Gasteiger partial charge on any atom is -0.395 e. The van der Waals surface area contributed by atoms with Gasteiger partial charge in [-0.3, -0.25) is 5.84 Å². The van der Waals surface area contributed by atoms with E-state index < -0.39 is 0 Å². The largest absolute Gasteiger partial charge is 0.395 e. The van der Waals surface area contributed by atoms with Crippen LogP contribution < -0.4 is 5.84 Å². The summed E-state index contributed by atoms with van der Waals surface area (Å²) in [4.78, 5) is 0. The topological polar surface area (TPSA) is 49.5 Å². The monoisotopic (exact) mass is 90.1 g/mol. The van der Waals surface area contributed by atoms with Crippen LogP contribution in [0.1, 0.15) is 0 Å². The van der Waals surface area contributed by atoms with Gasteiger partial charge in [0.2, 0.25) is 0 Å². The third-order valence-corrected chi connectivity index (χ3v) is 0.453. The van der Waals surface area contributed by atoms with Crippen LogP contribution in [0, 0.1) is 0 Å². The van der Waals surface area contributed by atoms with E-state index in [2.05, 4.69) is 0 Å². The second-order valence-corrected chi connectivity index (χ2v) is 1.20. The van der Waals surface area contributed by atoms with Crippen LogP contribution in [0.5, 0.6) is 0 Å². The lowest BCUT2D eigenvalue weighted by Gasteiger charge is -2.03. The number of likely N-dealkylation sites (N-methyl/N-ethyl adjacent to an activating group) is 1. The van der Waals surface area contributed by atoms with Gasteiger partial charge in [0.25, 0.3) is 0 Å². The van der Waals surface area contributed by atoms with E-state index in [0.29, 0.717) is 6.54 Å². The fourth-order valence-corrected chi connectivity index (χ4v) is 0.158. The minimum absolute atomic E-state index is 0.132. The quantitative estimate of drug-likeness (QED) is 0.330. The number of hydrazine groups is 1. The average molecular weight is 90.1 g/mol. The Labute approximate surface area is 37.3 Å². The molecule has 0 saturated heterocycles. The molecule has 0 heterocycles. The molecule has 0 amide bonds.